The molecule has 0 amide bonds. The van der Waals surface area contributed by atoms with Gasteiger partial charge < -0.3 is 4.52 Å². The topological polar surface area (TPSA) is 43.1 Å². The third-order valence-corrected chi connectivity index (χ3v) is 3.06. The number of nitrogens with zero attached hydrogens (tertiary/aromatic N) is 1. The Hall–Kier alpha value is -2.63. The number of ketones is 1. The van der Waals surface area contributed by atoms with Gasteiger partial charge in [0.25, 0.3) is 0 Å². The summed E-state index contributed by atoms with van der Waals surface area (Å²) in [4.78, 5) is 12.3. The van der Waals surface area contributed by atoms with Crippen LogP contribution in [0.5, 0.6) is 0 Å². The quantitative estimate of drug-likeness (QED) is 0.668. The summed E-state index contributed by atoms with van der Waals surface area (Å²) in [5.41, 5.74) is -0.167. The van der Waals surface area contributed by atoms with Crippen LogP contribution in [0.1, 0.15) is 21.7 Å². The zero-order valence-electron chi connectivity index (χ0n) is 10.5. The molecule has 0 atom stereocenters. The minimum atomic E-state index is -4.43. The van der Waals surface area contributed by atoms with Gasteiger partial charge in [0, 0.05) is 5.56 Å². The van der Waals surface area contributed by atoms with Crippen molar-refractivity contribution in [1.29, 1.82) is 0 Å². The zero-order chi connectivity index (χ0) is 15.0. The van der Waals surface area contributed by atoms with E-state index in [2.05, 4.69) is 5.16 Å². The maximum Gasteiger partial charge on any atom is 0.416 e. The van der Waals surface area contributed by atoms with Crippen LogP contribution in [-0.2, 0) is 6.18 Å². The van der Waals surface area contributed by atoms with Crippen LogP contribution in [0.15, 0.2) is 53.1 Å². The lowest BCUT2D eigenvalue weighted by Gasteiger charge is -2.06. The van der Waals surface area contributed by atoms with Gasteiger partial charge in [0.2, 0.25) is 11.5 Å². The largest absolute Gasteiger partial charge is 0.416 e. The fourth-order valence-electron chi connectivity index (χ4n) is 1.99. The maximum absolute atomic E-state index is 12.5. The minimum absolute atomic E-state index is 0.0189. The first-order chi connectivity index (χ1) is 9.97. The molecule has 0 bridgehead atoms. The molecule has 2 aromatic carbocycles. The van der Waals surface area contributed by atoms with Gasteiger partial charge in [-0.15, -0.1) is 0 Å². The molecule has 3 rings (SSSR count). The molecule has 0 aliphatic carbocycles. The Labute approximate surface area is 117 Å². The first kappa shape index (κ1) is 13.4. The maximum atomic E-state index is 12.5. The molecular weight excluding hydrogens is 283 g/mol. The Balaban J connectivity index is 1.99. The third kappa shape index (κ3) is 2.40. The van der Waals surface area contributed by atoms with Crippen molar-refractivity contribution in [3.63, 3.8) is 0 Å². The van der Waals surface area contributed by atoms with E-state index >= 15 is 0 Å². The lowest BCUT2D eigenvalue weighted by Crippen LogP contribution is -2.06. The number of rotatable bonds is 2. The van der Waals surface area contributed by atoms with Gasteiger partial charge in [-0.1, -0.05) is 29.4 Å². The van der Waals surface area contributed by atoms with E-state index in [1.165, 1.54) is 0 Å². The number of carbonyl (C=O) groups excluding carboxylic acids is 1. The van der Waals surface area contributed by atoms with Gasteiger partial charge in [0.1, 0.15) is 5.52 Å². The van der Waals surface area contributed by atoms with Crippen molar-refractivity contribution in [1.82, 2.24) is 5.16 Å². The highest BCUT2D eigenvalue weighted by Crippen LogP contribution is 2.29. The Morgan fingerprint density at radius 2 is 1.67 bits per heavy atom. The molecule has 0 unspecified atom stereocenters. The molecule has 0 fully saturated rings. The van der Waals surface area contributed by atoms with Crippen molar-refractivity contribution in [3.8, 4) is 0 Å². The van der Waals surface area contributed by atoms with E-state index in [0.717, 1.165) is 24.3 Å². The fraction of sp³-hybridized carbons (Fsp3) is 0.0667. The molecule has 3 aromatic rings. The highest BCUT2D eigenvalue weighted by molar-refractivity contribution is 6.13. The molecule has 6 heteroatoms. The summed E-state index contributed by atoms with van der Waals surface area (Å²) in [5, 5.41) is 4.28. The first-order valence-corrected chi connectivity index (χ1v) is 6.03. The molecule has 0 aliphatic rings. The van der Waals surface area contributed by atoms with E-state index in [-0.39, 0.29) is 11.3 Å². The molecular formula is C15H8F3NO2. The Morgan fingerprint density at radius 1 is 1.00 bits per heavy atom. The highest BCUT2D eigenvalue weighted by atomic mass is 19.4. The molecule has 0 N–H and O–H groups in total. The number of aromatic nitrogens is 1. The van der Waals surface area contributed by atoms with Crippen LogP contribution in [0.25, 0.3) is 10.9 Å². The van der Waals surface area contributed by atoms with Gasteiger partial charge >= 0.3 is 6.18 Å². The van der Waals surface area contributed by atoms with Crippen LogP contribution < -0.4 is 0 Å². The van der Waals surface area contributed by atoms with Crippen LogP contribution >= 0.6 is 0 Å². The first-order valence-electron chi connectivity index (χ1n) is 6.03. The standard InChI is InChI=1S/C15H8F3NO2/c16-15(17,18)10-7-5-9(6-8-10)13(20)14-11-3-1-2-4-12(11)19-21-14/h1-8H. The predicted octanol–water partition coefficient (Wildman–Crippen LogP) is 4.08. The smallest absolute Gasteiger partial charge is 0.351 e. The number of hydrogen-bond acceptors (Lipinski definition) is 3. The van der Waals surface area contributed by atoms with Gasteiger partial charge in [-0.2, -0.15) is 13.2 Å². The van der Waals surface area contributed by atoms with Crippen LogP contribution in [0.3, 0.4) is 0 Å². The monoisotopic (exact) mass is 291 g/mol. The van der Waals surface area contributed by atoms with E-state index in [1.807, 2.05) is 0 Å². The predicted molar refractivity (Wildman–Crippen MR) is 68.9 cm³/mol. The summed E-state index contributed by atoms with van der Waals surface area (Å²) in [6, 6.07) is 10.8. The van der Waals surface area contributed by atoms with Crippen LogP contribution in [-0.4, -0.2) is 10.9 Å². The molecule has 0 radical (unpaired) electrons. The second kappa shape index (κ2) is 4.73. The fourth-order valence-corrected chi connectivity index (χ4v) is 1.99. The molecule has 0 saturated heterocycles. The molecule has 1 aromatic heterocycles. The van der Waals surface area contributed by atoms with Gasteiger partial charge in [0.15, 0.2) is 0 Å². The number of carbonyl (C=O) groups is 1. The summed E-state index contributed by atoms with van der Waals surface area (Å²) < 4.78 is 42.5. The summed E-state index contributed by atoms with van der Waals surface area (Å²) in [5.74, 6) is -0.484. The van der Waals surface area contributed by atoms with E-state index in [1.54, 1.807) is 24.3 Å². The molecule has 0 saturated carbocycles. The Bertz CT molecular complexity index is 804. The SMILES string of the molecule is O=C(c1ccc(C(F)(F)F)cc1)c1onc2ccccc12. The number of alkyl halides is 3. The van der Waals surface area contributed by atoms with Crippen LogP contribution in [0.2, 0.25) is 0 Å². The Kier molecular flexibility index (Phi) is 3.01. The summed E-state index contributed by atoms with van der Waals surface area (Å²) in [7, 11) is 0. The van der Waals surface area contributed by atoms with Crippen molar-refractivity contribution in [3.05, 3.63) is 65.4 Å². The summed E-state index contributed by atoms with van der Waals surface area (Å²) in [6.45, 7) is 0. The molecule has 21 heavy (non-hydrogen) atoms. The second-order valence-corrected chi connectivity index (χ2v) is 4.43. The average Bonchev–Trinajstić information content (AvgIpc) is 2.90. The van der Waals surface area contributed by atoms with Gasteiger partial charge in [0.05, 0.1) is 10.9 Å². The normalized spacial score (nSPS) is 11.8. The van der Waals surface area contributed by atoms with Crippen molar-refractivity contribution in [2.75, 3.05) is 0 Å². The average molecular weight is 291 g/mol. The van der Waals surface area contributed by atoms with Gasteiger partial charge in [-0.25, -0.2) is 0 Å². The van der Waals surface area contributed by atoms with E-state index in [4.69, 9.17) is 4.52 Å². The highest BCUT2D eigenvalue weighted by Gasteiger charge is 2.30. The zero-order valence-corrected chi connectivity index (χ0v) is 10.5. The number of benzene rings is 2. The van der Waals surface area contributed by atoms with Crippen LogP contribution in [0, 0.1) is 0 Å². The molecule has 1 heterocycles. The van der Waals surface area contributed by atoms with E-state index < -0.39 is 17.5 Å². The lowest BCUT2D eigenvalue weighted by molar-refractivity contribution is -0.137. The van der Waals surface area contributed by atoms with Crippen molar-refractivity contribution >= 4 is 16.7 Å². The third-order valence-electron chi connectivity index (χ3n) is 3.06. The van der Waals surface area contributed by atoms with Crippen molar-refractivity contribution in [2.24, 2.45) is 0 Å². The van der Waals surface area contributed by atoms with Gasteiger partial charge in [-0.3, -0.25) is 4.79 Å². The second-order valence-electron chi connectivity index (χ2n) is 4.43. The molecule has 3 nitrogen and oxygen atoms in total. The number of hydrogen-bond donors (Lipinski definition) is 0. The molecule has 0 spiro atoms. The summed E-state index contributed by atoms with van der Waals surface area (Å²) in [6.07, 6.45) is -4.43. The van der Waals surface area contributed by atoms with Crippen molar-refractivity contribution < 1.29 is 22.5 Å². The number of halogens is 3. The van der Waals surface area contributed by atoms with E-state index in [9.17, 15) is 18.0 Å². The minimum Gasteiger partial charge on any atom is -0.351 e. The van der Waals surface area contributed by atoms with Crippen LogP contribution in [0.4, 0.5) is 13.2 Å². The molecule has 0 aliphatic heterocycles. The molecule has 106 valence electrons. The van der Waals surface area contributed by atoms with Gasteiger partial charge in [-0.05, 0) is 24.3 Å². The summed E-state index contributed by atoms with van der Waals surface area (Å²) >= 11 is 0. The number of fused-ring (bicyclic) bond motifs is 1. The lowest BCUT2D eigenvalue weighted by atomic mass is 10.0. The Morgan fingerprint density at radius 3 is 2.33 bits per heavy atom. The van der Waals surface area contributed by atoms with Crippen molar-refractivity contribution in [2.45, 2.75) is 6.18 Å². The van der Waals surface area contributed by atoms with E-state index in [0.29, 0.717) is 10.9 Å².